The highest BCUT2D eigenvalue weighted by molar-refractivity contribution is 7.99. The third-order valence-corrected chi connectivity index (χ3v) is 6.30. The molecule has 1 aliphatic carbocycles. The molecule has 1 saturated carbocycles. The van der Waals surface area contributed by atoms with Gasteiger partial charge < -0.3 is 5.32 Å². The Labute approximate surface area is 126 Å². The second-order valence-electron chi connectivity index (χ2n) is 5.53. The van der Waals surface area contributed by atoms with Crippen LogP contribution in [0.3, 0.4) is 0 Å². The number of rotatable bonds is 7. The molecule has 1 aliphatic rings. The van der Waals surface area contributed by atoms with Gasteiger partial charge in [0.25, 0.3) is 0 Å². The summed E-state index contributed by atoms with van der Waals surface area (Å²) in [6.45, 7) is 5.63. The van der Waals surface area contributed by atoms with Crippen LogP contribution >= 0.6 is 23.1 Å². The van der Waals surface area contributed by atoms with E-state index in [0.29, 0.717) is 6.04 Å². The molecule has 1 unspecified atom stereocenters. The lowest BCUT2D eigenvalue weighted by atomic mass is 10.0. The smallest absolute Gasteiger partial charge is 0.0422 e. The lowest BCUT2D eigenvalue weighted by Gasteiger charge is -2.25. The molecule has 19 heavy (non-hydrogen) atoms. The van der Waals surface area contributed by atoms with Gasteiger partial charge in [-0.15, -0.1) is 11.3 Å². The van der Waals surface area contributed by atoms with Crippen LogP contribution in [-0.2, 0) is 0 Å². The number of hydrogen-bond acceptors (Lipinski definition) is 3. The number of hydrogen-bond donors (Lipinski definition) is 1. The van der Waals surface area contributed by atoms with Gasteiger partial charge >= 0.3 is 0 Å². The van der Waals surface area contributed by atoms with Crippen molar-refractivity contribution in [2.75, 3.05) is 12.3 Å². The maximum atomic E-state index is 3.74. The van der Waals surface area contributed by atoms with E-state index in [4.69, 9.17) is 0 Å². The van der Waals surface area contributed by atoms with Gasteiger partial charge in [-0.1, -0.05) is 26.2 Å². The summed E-state index contributed by atoms with van der Waals surface area (Å²) >= 11 is 4.08. The molecule has 3 heteroatoms. The molecule has 0 aromatic carbocycles. The topological polar surface area (TPSA) is 12.0 Å². The van der Waals surface area contributed by atoms with Crippen LogP contribution in [0, 0.1) is 6.92 Å². The molecule has 1 aromatic rings. The molecular formula is C16H27NS2. The fraction of sp³-hybridized carbons (Fsp3) is 0.750. The molecule has 0 saturated heterocycles. The number of aryl methyl sites for hydroxylation is 1. The van der Waals surface area contributed by atoms with Gasteiger partial charge in [-0.2, -0.15) is 11.8 Å². The molecule has 1 heterocycles. The Morgan fingerprint density at radius 3 is 2.79 bits per heavy atom. The van der Waals surface area contributed by atoms with Crippen molar-refractivity contribution >= 4 is 23.1 Å². The van der Waals surface area contributed by atoms with E-state index in [9.17, 15) is 0 Å². The highest BCUT2D eigenvalue weighted by Gasteiger charge is 2.18. The minimum absolute atomic E-state index is 0.554. The molecule has 1 N–H and O–H groups in total. The van der Waals surface area contributed by atoms with Gasteiger partial charge in [0.15, 0.2) is 0 Å². The minimum Gasteiger partial charge on any atom is -0.309 e. The van der Waals surface area contributed by atoms with Gasteiger partial charge in [-0.25, -0.2) is 0 Å². The zero-order valence-electron chi connectivity index (χ0n) is 12.3. The highest BCUT2D eigenvalue weighted by Crippen LogP contribution is 2.32. The molecule has 108 valence electrons. The largest absolute Gasteiger partial charge is 0.309 e. The second kappa shape index (κ2) is 8.33. The van der Waals surface area contributed by atoms with Crippen molar-refractivity contribution in [2.45, 2.75) is 63.7 Å². The standard InChI is InChI=1S/C16H27NS2/c1-3-10-17-16(15-9-11-18-13(15)2)12-19-14-7-5-4-6-8-14/h9,11,14,16-17H,3-8,10,12H2,1-2H3. The van der Waals surface area contributed by atoms with E-state index in [0.717, 1.165) is 11.8 Å². The second-order valence-corrected chi connectivity index (χ2v) is 7.99. The zero-order valence-corrected chi connectivity index (χ0v) is 13.9. The van der Waals surface area contributed by atoms with E-state index in [1.54, 1.807) is 0 Å². The molecular weight excluding hydrogens is 270 g/mol. The van der Waals surface area contributed by atoms with E-state index in [2.05, 4.69) is 42.4 Å². The Balaban J connectivity index is 1.88. The zero-order chi connectivity index (χ0) is 13.5. The Hall–Kier alpha value is 0.01000. The normalized spacial score (nSPS) is 18.6. The van der Waals surface area contributed by atoms with Crippen LogP contribution in [0.5, 0.6) is 0 Å². The molecule has 2 rings (SSSR count). The van der Waals surface area contributed by atoms with Crippen LogP contribution in [0.1, 0.15) is 61.9 Å². The average Bonchev–Trinajstić information content (AvgIpc) is 2.86. The van der Waals surface area contributed by atoms with Crippen LogP contribution < -0.4 is 5.32 Å². The number of nitrogens with one attached hydrogen (secondary N) is 1. The first kappa shape index (κ1) is 15.4. The fourth-order valence-corrected chi connectivity index (χ4v) is 4.99. The summed E-state index contributed by atoms with van der Waals surface area (Å²) in [5.74, 6) is 1.24. The van der Waals surface area contributed by atoms with Gasteiger partial charge in [0.05, 0.1) is 0 Å². The van der Waals surface area contributed by atoms with Gasteiger partial charge in [0.1, 0.15) is 0 Å². The summed E-state index contributed by atoms with van der Waals surface area (Å²) in [6.07, 6.45) is 8.44. The quantitative estimate of drug-likeness (QED) is 0.745. The predicted molar refractivity (Wildman–Crippen MR) is 89.4 cm³/mol. The van der Waals surface area contributed by atoms with E-state index < -0.39 is 0 Å². The fourth-order valence-electron chi connectivity index (χ4n) is 2.80. The molecule has 1 nitrogen and oxygen atoms in total. The minimum atomic E-state index is 0.554. The third-order valence-electron chi connectivity index (χ3n) is 3.97. The molecule has 0 spiro atoms. The van der Waals surface area contributed by atoms with Crippen LogP contribution in [0.15, 0.2) is 11.4 Å². The Morgan fingerprint density at radius 1 is 1.37 bits per heavy atom. The molecule has 0 bridgehead atoms. The van der Waals surface area contributed by atoms with Crippen molar-refractivity contribution in [3.8, 4) is 0 Å². The van der Waals surface area contributed by atoms with Crippen LogP contribution in [0.2, 0.25) is 0 Å². The lowest BCUT2D eigenvalue weighted by Crippen LogP contribution is -2.25. The van der Waals surface area contributed by atoms with Gasteiger partial charge in [-0.05, 0) is 49.7 Å². The summed E-state index contributed by atoms with van der Waals surface area (Å²) in [6, 6.07) is 2.87. The van der Waals surface area contributed by atoms with Crippen LogP contribution in [0.4, 0.5) is 0 Å². The van der Waals surface area contributed by atoms with Crippen molar-refractivity contribution in [3.05, 3.63) is 21.9 Å². The molecule has 0 amide bonds. The molecule has 0 radical (unpaired) electrons. The maximum absolute atomic E-state index is 3.74. The average molecular weight is 298 g/mol. The Morgan fingerprint density at radius 2 is 2.16 bits per heavy atom. The summed E-state index contributed by atoms with van der Waals surface area (Å²) in [7, 11) is 0. The third kappa shape index (κ3) is 4.80. The number of thioether (sulfide) groups is 1. The predicted octanol–water partition coefficient (Wildman–Crippen LogP) is 5.16. The molecule has 0 aliphatic heterocycles. The monoisotopic (exact) mass is 297 g/mol. The first-order valence-electron chi connectivity index (χ1n) is 7.70. The molecule has 1 fully saturated rings. The summed E-state index contributed by atoms with van der Waals surface area (Å²) < 4.78 is 0. The molecule has 1 aromatic heterocycles. The van der Waals surface area contributed by atoms with E-state index in [-0.39, 0.29) is 0 Å². The summed E-state index contributed by atoms with van der Waals surface area (Å²) in [5.41, 5.74) is 1.53. The van der Waals surface area contributed by atoms with Gasteiger partial charge in [0, 0.05) is 21.9 Å². The van der Waals surface area contributed by atoms with Gasteiger partial charge in [0.2, 0.25) is 0 Å². The highest BCUT2D eigenvalue weighted by atomic mass is 32.2. The van der Waals surface area contributed by atoms with Crippen molar-refractivity contribution in [2.24, 2.45) is 0 Å². The van der Waals surface area contributed by atoms with Crippen molar-refractivity contribution < 1.29 is 0 Å². The Kier molecular flexibility index (Phi) is 6.75. The first-order chi connectivity index (χ1) is 9.31. The van der Waals surface area contributed by atoms with Crippen molar-refractivity contribution in [1.29, 1.82) is 0 Å². The molecule has 1 atom stereocenters. The van der Waals surface area contributed by atoms with Crippen molar-refractivity contribution in [3.63, 3.8) is 0 Å². The summed E-state index contributed by atoms with van der Waals surface area (Å²) in [4.78, 5) is 1.48. The van der Waals surface area contributed by atoms with Crippen molar-refractivity contribution in [1.82, 2.24) is 5.32 Å². The van der Waals surface area contributed by atoms with E-state index in [1.165, 1.54) is 54.7 Å². The van der Waals surface area contributed by atoms with Crippen LogP contribution in [-0.4, -0.2) is 17.5 Å². The SMILES string of the molecule is CCCNC(CSC1CCCCC1)c1ccsc1C. The maximum Gasteiger partial charge on any atom is 0.0422 e. The Bertz CT molecular complexity index is 355. The van der Waals surface area contributed by atoms with E-state index in [1.807, 2.05) is 11.3 Å². The first-order valence-corrected chi connectivity index (χ1v) is 9.63. The summed E-state index contributed by atoms with van der Waals surface area (Å²) in [5, 5.41) is 6.89. The van der Waals surface area contributed by atoms with E-state index >= 15 is 0 Å². The van der Waals surface area contributed by atoms with Crippen LogP contribution in [0.25, 0.3) is 0 Å². The lowest BCUT2D eigenvalue weighted by molar-refractivity contribution is 0.513. The van der Waals surface area contributed by atoms with Gasteiger partial charge in [-0.3, -0.25) is 0 Å². The number of thiophene rings is 1.